The Morgan fingerprint density at radius 2 is 0.762 bits per heavy atom. The number of aryl methyl sites for hydroxylation is 2. The van der Waals surface area contributed by atoms with Crippen molar-refractivity contribution in [2.45, 2.75) is 129 Å². The lowest BCUT2D eigenvalue weighted by Crippen LogP contribution is -1.89. The Morgan fingerprint density at radius 3 is 1.12 bits per heavy atom. The van der Waals surface area contributed by atoms with Gasteiger partial charge in [-0.05, 0) is 73.2 Å². The van der Waals surface area contributed by atoms with Crippen molar-refractivity contribution in [3.8, 4) is 30.9 Å². The number of thiophene rings is 2. The molecule has 0 spiro atoms. The van der Waals surface area contributed by atoms with Gasteiger partial charge in [0, 0.05) is 22.1 Å². The van der Waals surface area contributed by atoms with Crippen molar-refractivity contribution < 1.29 is 0 Å². The normalized spacial score (nSPS) is 11.4. The second-order valence-electron chi connectivity index (χ2n) is 11.9. The van der Waals surface area contributed by atoms with Crippen LogP contribution in [-0.4, -0.2) is 9.97 Å². The summed E-state index contributed by atoms with van der Waals surface area (Å²) < 4.78 is 0. The van der Waals surface area contributed by atoms with E-state index in [9.17, 15) is 0 Å². The van der Waals surface area contributed by atoms with Crippen LogP contribution in [0.15, 0.2) is 60.9 Å². The first-order valence-corrected chi connectivity index (χ1v) is 18.5. The van der Waals surface area contributed by atoms with Crippen molar-refractivity contribution in [1.29, 1.82) is 0 Å². The molecule has 4 heteroatoms. The highest BCUT2D eigenvalue weighted by molar-refractivity contribution is 7.25. The van der Waals surface area contributed by atoms with Gasteiger partial charge in [0.25, 0.3) is 0 Å². The molecular weight excluding hydrogens is 549 g/mol. The molecule has 226 valence electrons. The van der Waals surface area contributed by atoms with E-state index >= 15 is 0 Å². The largest absolute Gasteiger partial charge is 0.255 e. The maximum atomic E-state index is 4.82. The van der Waals surface area contributed by atoms with Crippen molar-refractivity contribution >= 4 is 22.7 Å². The molecule has 4 aromatic heterocycles. The highest BCUT2D eigenvalue weighted by Crippen LogP contribution is 2.39. The van der Waals surface area contributed by atoms with Crippen LogP contribution in [0, 0.1) is 0 Å². The zero-order valence-electron chi connectivity index (χ0n) is 26.2. The molecule has 2 nitrogen and oxygen atoms in total. The molecule has 4 heterocycles. The molecule has 0 saturated heterocycles. The van der Waals surface area contributed by atoms with E-state index in [0.717, 1.165) is 24.2 Å². The summed E-state index contributed by atoms with van der Waals surface area (Å²) >= 11 is 3.67. The first-order valence-electron chi connectivity index (χ1n) is 16.9. The molecule has 0 bridgehead atoms. The molecule has 0 amide bonds. The lowest BCUT2D eigenvalue weighted by atomic mass is 10.0. The molecule has 42 heavy (non-hydrogen) atoms. The average Bonchev–Trinajstić information content (AvgIpc) is 3.71. The Kier molecular flexibility index (Phi) is 14.8. The summed E-state index contributed by atoms with van der Waals surface area (Å²) in [5.74, 6) is 0. The van der Waals surface area contributed by atoms with E-state index in [1.807, 2.05) is 22.7 Å². The molecule has 0 aliphatic rings. The lowest BCUT2D eigenvalue weighted by molar-refractivity contribution is 0.575. The molecule has 0 saturated carbocycles. The van der Waals surface area contributed by atoms with Gasteiger partial charge in [0.05, 0.1) is 21.1 Å². The van der Waals surface area contributed by atoms with Gasteiger partial charge in [0.2, 0.25) is 0 Å². The Labute approximate surface area is 264 Å². The van der Waals surface area contributed by atoms with E-state index in [2.05, 4.69) is 74.8 Å². The van der Waals surface area contributed by atoms with Crippen LogP contribution in [0.5, 0.6) is 0 Å². The summed E-state index contributed by atoms with van der Waals surface area (Å²) in [6, 6.07) is 17.9. The highest BCUT2D eigenvalue weighted by Gasteiger charge is 2.11. The lowest BCUT2D eigenvalue weighted by Gasteiger charge is -2.04. The summed E-state index contributed by atoms with van der Waals surface area (Å²) in [6.07, 6.45) is 28.3. The first kappa shape index (κ1) is 32.6. The number of unbranched alkanes of at least 4 members (excludes halogenated alkanes) is 14. The van der Waals surface area contributed by atoms with E-state index in [-0.39, 0.29) is 0 Å². The van der Waals surface area contributed by atoms with Gasteiger partial charge in [-0.25, -0.2) is 0 Å². The Hall–Kier alpha value is -2.30. The van der Waals surface area contributed by atoms with Gasteiger partial charge in [-0.15, -0.1) is 22.7 Å². The fourth-order valence-corrected chi connectivity index (χ4v) is 7.63. The molecule has 0 aliphatic carbocycles. The summed E-state index contributed by atoms with van der Waals surface area (Å²) in [4.78, 5) is 14.7. The van der Waals surface area contributed by atoms with Crippen LogP contribution < -0.4 is 0 Å². The number of rotatable bonds is 21. The average molecular weight is 601 g/mol. The fourth-order valence-electron chi connectivity index (χ4n) is 5.58. The first-order chi connectivity index (χ1) is 20.8. The van der Waals surface area contributed by atoms with Crippen LogP contribution >= 0.6 is 22.7 Å². The third kappa shape index (κ3) is 11.1. The minimum Gasteiger partial charge on any atom is -0.255 e. The Morgan fingerprint density at radius 1 is 0.405 bits per heavy atom. The second-order valence-corrected chi connectivity index (χ2v) is 14.0. The minimum atomic E-state index is 1.08. The second kappa shape index (κ2) is 19.1. The highest BCUT2D eigenvalue weighted by atomic mass is 32.1. The third-order valence-electron chi connectivity index (χ3n) is 8.25. The topological polar surface area (TPSA) is 25.8 Å². The molecule has 0 aromatic carbocycles. The van der Waals surface area contributed by atoms with Gasteiger partial charge in [-0.2, -0.15) is 0 Å². The van der Waals surface area contributed by atoms with Gasteiger partial charge in [-0.3, -0.25) is 9.97 Å². The molecule has 0 radical (unpaired) electrons. The molecule has 4 rings (SSSR count). The number of hydrogen-bond acceptors (Lipinski definition) is 4. The monoisotopic (exact) mass is 600 g/mol. The molecule has 0 atom stereocenters. The van der Waals surface area contributed by atoms with E-state index in [4.69, 9.17) is 9.97 Å². The van der Waals surface area contributed by atoms with Crippen LogP contribution in [0.25, 0.3) is 30.9 Å². The predicted octanol–water partition coefficient (Wildman–Crippen LogP) is 13.0. The van der Waals surface area contributed by atoms with Crippen LogP contribution in [0.4, 0.5) is 0 Å². The van der Waals surface area contributed by atoms with E-state index < -0.39 is 0 Å². The van der Waals surface area contributed by atoms with Gasteiger partial charge < -0.3 is 0 Å². The third-order valence-corrected chi connectivity index (χ3v) is 10.7. The van der Waals surface area contributed by atoms with Gasteiger partial charge in [-0.1, -0.05) is 116 Å². The molecular formula is C38H52N2S2. The molecule has 0 unspecified atom stereocenters. The van der Waals surface area contributed by atoms with Gasteiger partial charge in [0.15, 0.2) is 0 Å². The minimum absolute atomic E-state index is 1.08. The molecule has 0 N–H and O–H groups in total. The summed E-state index contributed by atoms with van der Waals surface area (Å²) in [6.45, 7) is 4.57. The van der Waals surface area contributed by atoms with Crippen molar-refractivity contribution in [3.63, 3.8) is 0 Å². The van der Waals surface area contributed by atoms with Crippen molar-refractivity contribution in [2.24, 2.45) is 0 Å². The zero-order valence-corrected chi connectivity index (χ0v) is 27.8. The standard InChI is InChI=1S/C38H52N2S2/c1-3-5-7-9-11-13-15-17-19-31-21-23-33(39-29-31)35-25-27-37(41-35)38-28-26-36(42-38)34-24-22-32(30-40-34)20-18-16-14-12-10-8-6-4-2/h21-30H,3-20H2,1-2H3. The van der Waals surface area contributed by atoms with E-state index in [1.165, 1.54) is 133 Å². The molecule has 4 aromatic rings. The predicted molar refractivity (Wildman–Crippen MR) is 187 cm³/mol. The Balaban J connectivity index is 1.20. The van der Waals surface area contributed by atoms with Crippen molar-refractivity contribution in [1.82, 2.24) is 9.97 Å². The van der Waals surface area contributed by atoms with Crippen molar-refractivity contribution in [3.05, 3.63) is 72.1 Å². The number of pyridine rings is 2. The van der Waals surface area contributed by atoms with Crippen LogP contribution in [-0.2, 0) is 12.8 Å². The van der Waals surface area contributed by atoms with Crippen LogP contribution in [0.2, 0.25) is 0 Å². The number of hydrogen-bond donors (Lipinski definition) is 0. The molecule has 0 fully saturated rings. The van der Waals surface area contributed by atoms with Crippen molar-refractivity contribution in [2.75, 3.05) is 0 Å². The number of aromatic nitrogens is 2. The number of nitrogens with zero attached hydrogens (tertiary/aromatic N) is 2. The van der Waals surface area contributed by atoms with E-state index in [0.29, 0.717) is 0 Å². The Bertz CT molecular complexity index is 1150. The SMILES string of the molecule is CCCCCCCCCCc1ccc(-c2ccc(-c3ccc(-c4ccc(CCCCCCCCCC)cn4)s3)s2)nc1. The van der Waals surface area contributed by atoms with E-state index in [1.54, 1.807) is 0 Å². The smallest absolute Gasteiger partial charge is 0.0802 e. The fraction of sp³-hybridized carbons (Fsp3) is 0.526. The van der Waals surface area contributed by atoms with Crippen LogP contribution in [0.3, 0.4) is 0 Å². The zero-order chi connectivity index (χ0) is 29.2. The van der Waals surface area contributed by atoms with Crippen LogP contribution in [0.1, 0.15) is 128 Å². The van der Waals surface area contributed by atoms with Gasteiger partial charge >= 0.3 is 0 Å². The molecule has 0 aliphatic heterocycles. The quantitative estimate of drug-likeness (QED) is 0.0889. The maximum absolute atomic E-state index is 4.82. The maximum Gasteiger partial charge on any atom is 0.0802 e. The summed E-state index contributed by atoms with van der Waals surface area (Å²) in [5, 5.41) is 0. The summed E-state index contributed by atoms with van der Waals surface area (Å²) in [7, 11) is 0. The van der Waals surface area contributed by atoms with Gasteiger partial charge in [0.1, 0.15) is 0 Å². The summed E-state index contributed by atoms with van der Waals surface area (Å²) in [5.41, 5.74) is 4.88.